The maximum Gasteiger partial charge on any atom is 0.275 e. The Kier molecular flexibility index (Phi) is 5.28. The zero-order valence-corrected chi connectivity index (χ0v) is 14.4. The van der Waals surface area contributed by atoms with Crippen LogP contribution in [-0.4, -0.2) is 30.1 Å². The molecule has 0 aliphatic rings. The molecule has 1 aromatic heterocycles. The van der Waals surface area contributed by atoms with E-state index in [2.05, 4.69) is 20.6 Å². The molecule has 0 saturated carbocycles. The summed E-state index contributed by atoms with van der Waals surface area (Å²) < 4.78 is 10.5. The average Bonchev–Trinajstić information content (AvgIpc) is 2.69. The quantitative estimate of drug-likeness (QED) is 0.708. The van der Waals surface area contributed by atoms with Crippen LogP contribution in [0.3, 0.4) is 0 Å². The first-order valence-electron chi connectivity index (χ1n) is 7.87. The molecule has 132 valence electrons. The minimum absolute atomic E-state index is 0.228. The molecule has 3 rings (SSSR count). The highest BCUT2D eigenvalue weighted by molar-refractivity contribution is 6.02. The second kappa shape index (κ2) is 7.98. The standard InChI is InChI=1S/C19H18N4O3/c1-25-16-9-8-14(10-17(16)26-2)22-18-12-20-15(11-21-18)19(24)23-13-6-4-3-5-7-13/h3-12H,1-2H3,(H,21,22)(H,23,24). The Labute approximate surface area is 151 Å². The maximum absolute atomic E-state index is 12.2. The van der Waals surface area contributed by atoms with E-state index in [9.17, 15) is 4.79 Å². The summed E-state index contributed by atoms with van der Waals surface area (Å²) in [6, 6.07) is 14.6. The predicted molar refractivity (Wildman–Crippen MR) is 99.3 cm³/mol. The normalized spacial score (nSPS) is 10.1. The third kappa shape index (κ3) is 4.07. The molecule has 0 fully saturated rings. The van der Waals surface area contributed by atoms with Crippen LogP contribution in [0.2, 0.25) is 0 Å². The van der Waals surface area contributed by atoms with E-state index in [4.69, 9.17) is 9.47 Å². The molecule has 3 aromatic rings. The Hall–Kier alpha value is -3.61. The maximum atomic E-state index is 12.2. The smallest absolute Gasteiger partial charge is 0.275 e. The van der Waals surface area contributed by atoms with E-state index in [-0.39, 0.29) is 11.6 Å². The van der Waals surface area contributed by atoms with Gasteiger partial charge in [0.15, 0.2) is 11.5 Å². The number of nitrogens with one attached hydrogen (secondary N) is 2. The third-order valence-corrected chi connectivity index (χ3v) is 3.57. The number of benzene rings is 2. The number of ether oxygens (including phenoxy) is 2. The largest absolute Gasteiger partial charge is 0.493 e. The van der Waals surface area contributed by atoms with Gasteiger partial charge in [0.1, 0.15) is 11.5 Å². The summed E-state index contributed by atoms with van der Waals surface area (Å²) in [5.41, 5.74) is 1.69. The van der Waals surface area contributed by atoms with Gasteiger partial charge in [-0.2, -0.15) is 0 Å². The van der Waals surface area contributed by atoms with E-state index in [0.29, 0.717) is 23.0 Å². The van der Waals surface area contributed by atoms with Crippen molar-refractivity contribution in [2.24, 2.45) is 0 Å². The van der Waals surface area contributed by atoms with Crippen molar-refractivity contribution in [1.82, 2.24) is 9.97 Å². The number of hydrogen-bond donors (Lipinski definition) is 2. The number of aromatic nitrogens is 2. The van der Waals surface area contributed by atoms with E-state index in [0.717, 1.165) is 5.69 Å². The molecule has 7 heteroatoms. The summed E-state index contributed by atoms with van der Waals surface area (Å²) >= 11 is 0. The molecular formula is C19H18N4O3. The number of methoxy groups -OCH3 is 2. The number of hydrogen-bond acceptors (Lipinski definition) is 6. The zero-order chi connectivity index (χ0) is 18.4. The van der Waals surface area contributed by atoms with Crippen molar-refractivity contribution in [2.75, 3.05) is 24.9 Å². The Morgan fingerprint density at radius 1 is 0.885 bits per heavy atom. The molecular weight excluding hydrogens is 332 g/mol. The lowest BCUT2D eigenvalue weighted by Crippen LogP contribution is -2.14. The van der Waals surface area contributed by atoms with Crippen molar-refractivity contribution in [3.8, 4) is 11.5 Å². The lowest BCUT2D eigenvalue weighted by molar-refractivity contribution is 0.102. The molecule has 26 heavy (non-hydrogen) atoms. The lowest BCUT2D eigenvalue weighted by Gasteiger charge is -2.11. The molecule has 0 spiro atoms. The summed E-state index contributed by atoms with van der Waals surface area (Å²) in [5.74, 6) is 1.43. The van der Waals surface area contributed by atoms with E-state index < -0.39 is 0 Å². The second-order valence-electron chi connectivity index (χ2n) is 5.30. The molecule has 0 bridgehead atoms. The van der Waals surface area contributed by atoms with E-state index in [1.807, 2.05) is 24.3 Å². The van der Waals surface area contributed by atoms with E-state index >= 15 is 0 Å². The number of nitrogens with zero attached hydrogens (tertiary/aromatic N) is 2. The SMILES string of the molecule is COc1ccc(Nc2cnc(C(=O)Nc3ccccc3)cn2)cc1OC. The zero-order valence-electron chi connectivity index (χ0n) is 14.4. The van der Waals surface area contributed by atoms with Gasteiger partial charge in [0.05, 0.1) is 26.6 Å². The molecule has 0 atom stereocenters. The number of para-hydroxylation sites is 1. The third-order valence-electron chi connectivity index (χ3n) is 3.57. The molecule has 0 aliphatic carbocycles. The van der Waals surface area contributed by atoms with Crippen LogP contribution in [0.5, 0.6) is 11.5 Å². The van der Waals surface area contributed by atoms with Crippen LogP contribution in [0.1, 0.15) is 10.5 Å². The molecule has 0 radical (unpaired) electrons. The van der Waals surface area contributed by atoms with Crippen LogP contribution >= 0.6 is 0 Å². The summed E-state index contributed by atoms with van der Waals surface area (Å²) in [6.45, 7) is 0. The van der Waals surface area contributed by atoms with Crippen LogP contribution in [0.15, 0.2) is 60.9 Å². The van der Waals surface area contributed by atoms with Gasteiger partial charge in [-0.15, -0.1) is 0 Å². The van der Waals surface area contributed by atoms with Crippen molar-refractivity contribution < 1.29 is 14.3 Å². The van der Waals surface area contributed by atoms with Crippen molar-refractivity contribution >= 4 is 23.1 Å². The minimum atomic E-state index is -0.318. The van der Waals surface area contributed by atoms with Crippen molar-refractivity contribution in [3.05, 3.63) is 66.6 Å². The van der Waals surface area contributed by atoms with Crippen molar-refractivity contribution in [1.29, 1.82) is 0 Å². The topological polar surface area (TPSA) is 85.4 Å². The molecule has 0 saturated heterocycles. The van der Waals surface area contributed by atoms with Crippen LogP contribution < -0.4 is 20.1 Å². The highest BCUT2D eigenvalue weighted by atomic mass is 16.5. The predicted octanol–water partition coefficient (Wildman–Crippen LogP) is 3.49. The van der Waals surface area contributed by atoms with Gasteiger partial charge in [-0.25, -0.2) is 9.97 Å². The second-order valence-corrected chi connectivity index (χ2v) is 5.30. The van der Waals surface area contributed by atoms with Gasteiger partial charge in [0.2, 0.25) is 0 Å². The van der Waals surface area contributed by atoms with Gasteiger partial charge in [0.25, 0.3) is 5.91 Å². The number of carbonyl (C=O) groups is 1. The summed E-state index contributed by atoms with van der Waals surface area (Å²) in [5, 5.41) is 5.87. The Balaban J connectivity index is 1.69. The van der Waals surface area contributed by atoms with Gasteiger partial charge in [-0.05, 0) is 24.3 Å². The Morgan fingerprint density at radius 3 is 2.31 bits per heavy atom. The van der Waals surface area contributed by atoms with Gasteiger partial charge in [0, 0.05) is 17.4 Å². The van der Waals surface area contributed by atoms with Crippen LogP contribution in [-0.2, 0) is 0 Å². The van der Waals surface area contributed by atoms with Gasteiger partial charge in [-0.1, -0.05) is 18.2 Å². The molecule has 1 heterocycles. The number of anilines is 3. The van der Waals surface area contributed by atoms with Crippen molar-refractivity contribution in [2.45, 2.75) is 0 Å². The Bertz CT molecular complexity index is 883. The van der Waals surface area contributed by atoms with Gasteiger partial charge in [-0.3, -0.25) is 4.79 Å². The molecule has 2 N–H and O–H groups in total. The number of amides is 1. The van der Waals surface area contributed by atoms with Crippen molar-refractivity contribution in [3.63, 3.8) is 0 Å². The fraction of sp³-hybridized carbons (Fsp3) is 0.105. The van der Waals surface area contributed by atoms with Crippen LogP contribution in [0.4, 0.5) is 17.2 Å². The number of carbonyl (C=O) groups excluding carboxylic acids is 1. The summed E-state index contributed by atoms with van der Waals surface area (Å²) in [4.78, 5) is 20.6. The van der Waals surface area contributed by atoms with Crippen LogP contribution in [0.25, 0.3) is 0 Å². The molecule has 1 amide bonds. The molecule has 7 nitrogen and oxygen atoms in total. The monoisotopic (exact) mass is 350 g/mol. The minimum Gasteiger partial charge on any atom is -0.493 e. The van der Waals surface area contributed by atoms with Gasteiger partial charge < -0.3 is 20.1 Å². The number of rotatable bonds is 6. The fourth-order valence-corrected chi connectivity index (χ4v) is 2.29. The van der Waals surface area contributed by atoms with Crippen LogP contribution in [0, 0.1) is 0 Å². The first kappa shape index (κ1) is 17.2. The molecule has 2 aromatic carbocycles. The summed E-state index contributed by atoms with van der Waals surface area (Å²) in [7, 11) is 3.15. The summed E-state index contributed by atoms with van der Waals surface area (Å²) in [6.07, 6.45) is 2.91. The molecule has 0 aliphatic heterocycles. The highest BCUT2D eigenvalue weighted by Crippen LogP contribution is 2.30. The fourth-order valence-electron chi connectivity index (χ4n) is 2.29. The van der Waals surface area contributed by atoms with Gasteiger partial charge >= 0.3 is 0 Å². The van der Waals surface area contributed by atoms with E-state index in [1.165, 1.54) is 12.4 Å². The lowest BCUT2D eigenvalue weighted by atomic mass is 10.2. The average molecular weight is 350 g/mol. The Morgan fingerprint density at radius 2 is 1.65 bits per heavy atom. The first-order chi connectivity index (χ1) is 12.7. The van der Waals surface area contributed by atoms with E-state index in [1.54, 1.807) is 38.5 Å². The molecule has 0 unspecified atom stereocenters. The first-order valence-corrected chi connectivity index (χ1v) is 7.87. The highest BCUT2D eigenvalue weighted by Gasteiger charge is 2.09.